The zero-order chi connectivity index (χ0) is 13.1. The molecule has 0 aromatic heterocycles. The molecule has 1 aliphatic rings. The minimum absolute atomic E-state index is 0.217. The van der Waals surface area contributed by atoms with E-state index in [1.54, 1.807) is 12.1 Å². The molecule has 0 saturated carbocycles. The van der Waals surface area contributed by atoms with Crippen molar-refractivity contribution >= 4 is 26.7 Å². The van der Waals surface area contributed by atoms with E-state index in [1.807, 2.05) is 6.07 Å². The van der Waals surface area contributed by atoms with Gasteiger partial charge in [0.2, 0.25) is 0 Å². The van der Waals surface area contributed by atoms with E-state index in [9.17, 15) is 8.60 Å². The molecule has 0 aliphatic carbocycles. The molecule has 100 valence electrons. The van der Waals surface area contributed by atoms with Crippen LogP contribution in [-0.2, 0) is 17.3 Å². The van der Waals surface area contributed by atoms with Crippen molar-refractivity contribution in [2.45, 2.75) is 25.4 Å². The van der Waals surface area contributed by atoms with Gasteiger partial charge in [0, 0.05) is 34.9 Å². The first kappa shape index (κ1) is 14.2. The average molecular weight is 334 g/mol. The number of nitrogens with zero attached hydrogens (tertiary/aromatic N) is 1. The fourth-order valence-corrected chi connectivity index (χ4v) is 3.80. The number of hydrogen-bond acceptors (Lipinski definition) is 2. The van der Waals surface area contributed by atoms with Crippen LogP contribution < -0.4 is 0 Å². The first-order valence-corrected chi connectivity index (χ1v) is 8.33. The molecule has 0 spiro atoms. The molecule has 1 aromatic carbocycles. The molecule has 0 N–H and O–H groups in total. The van der Waals surface area contributed by atoms with Crippen LogP contribution in [0.3, 0.4) is 0 Å². The predicted molar refractivity (Wildman–Crippen MR) is 76.5 cm³/mol. The molecule has 2 nitrogen and oxygen atoms in total. The number of benzene rings is 1. The van der Waals surface area contributed by atoms with Crippen LogP contribution in [0, 0.1) is 5.82 Å². The third-order valence-electron chi connectivity index (χ3n) is 3.40. The van der Waals surface area contributed by atoms with Gasteiger partial charge < -0.3 is 0 Å². The van der Waals surface area contributed by atoms with Gasteiger partial charge in [0.25, 0.3) is 0 Å². The lowest BCUT2D eigenvalue weighted by molar-refractivity contribution is 0.220. The predicted octanol–water partition coefficient (Wildman–Crippen LogP) is 2.93. The molecule has 0 amide bonds. The Hall–Kier alpha value is -0.260. The van der Waals surface area contributed by atoms with Crippen molar-refractivity contribution in [2.75, 3.05) is 18.6 Å². The van der Waals surface area contributed by atoms with Gasteiger partial charge in [-0.25, -0.2) is 4.39 Å². The molecule has 5 heteroatoms. The molecule has 1 saturated heterocycles. The normalized spacial score (nSPS) is 24.4. The Morgan fingerprint density at radius 2 is 2.11 bits per heavy atom. The lowest BCUT2D eigenvalue weighted by Crippen LogP contribution is -2.36. The van der Waals surface area contributed by atoms with Gasteiger partial charge in [0.15, 0.2) is 0 Å². The first-order valence-electron chi connectivity index (χ1n) is 6.05. The maximum Gasteiger partial charge on any atom is 0.137 e. The highest BCUT2D eigenvalue weighted by Gasteiger charge is 2.21. The standard InChI is InChI=1S/C13H17BrFNOS/c1-16(11-4-6-18(17)7-5-11)9-10-2-3-12(14)13(15)8-10/h2-3,8,11H,4-7,9H2,1H3. The number of hydrogen-bond donors (Lipinski definition) is 0. The second-order valence-corrected chi connectivity index (χ2v) is 7.29. The summed E-state index contributed by atoms with van der Waals surface area (Å²) >= 11 is 3.16. The highest BCUT2D eigenvalue weighted by atomic mass is 79.9. The largest absolute Gasteiger partial charge is 0.299 e. The monoisotopic (exact) mass is 333 g/mol. The zero-order valence-electron chi connectivity index (χ0n) is 10.4. The second-order valence-electron chi connectivity index (χ2n) is 4.74. The fourth-order valence-electron chi connectivity index (χ4n) is 2.28. The van der Waals surface area contributed by atoms with Crippen LogP contribution in [0.4, 0.5) is 4.39 Å². The molecule has 18 heavy (non-hydrogen) atoms. The van der Waals surface area contributed by atoms with E-state index in [4.69, 9.17) is 0 Å². The van der Waals surface area contributed by atoms with Crippen LogP contribution >= 0.6 is 15.9 Å². The highest BCUT2D eigenvalue weighted by molar-refractivity contribution is 9.10. The summed E-state index contributed by atoms with van der Waals surface area (Å²) in [5.41, 5.74) is 0.977. The van der Waals surface area contributed by atoms with Crippen molar-refractivity contribution in [3.05, 3.63) is 34.1 Å². The molecule has 1 fully saturated rings. The van der Waals surface area contributed by atoms with E-state index >= 15 is 0 Å². The Morgan fingerprint density at radius 3 is 2.72 bits per heavy atom. The molecule has 0 atom stereocenters. The van der Waals surface area contributed by atoms with Gasteiger partial charge >= 0.3 is 0 Å². The molecule has 0 unspecified atom stereocenters. The van der Waals surface area contributed by atoms with Crippen LogP contribution in [0.1, 0.15) is 18.4 Å². The second kappa shape index (κ2) is 6.26. The van der Waals surface area contributed by atoms with Crippen LogP contribution in [0.25, 0.3) is 0 Å². The molecular formula is C13H17BrFNOS. The van der Waals surface area contributed by atoms with Gasteiger partial charge in [-0.15, -0.1) is 0 Å². The fraction of sp³-hybridized carbons (Fsp3) is 0.538. The van der Waals surface area contributed by atoms with Crippen molar-refractivity contribution in [3.63, 3.8) is 0 Å². The average Bonchev–Trinajstić information content (AvgIpc) is 2.34. The van der Waals surface area contributed by atoms with E-state index in [0.29, 0.717) is 10.5 Å². The van der Waals surface area contributed by atoms with Gasteiger partial charge in [0.05, 0.1) is 4.47 Å². The lowest BCUT2D eigenvalue weighted by atomic mass is 10.1. The summed E-state index contributed by atoms with van der Waals surface area (Å²) < 4.78 is 25.2. The SMILES string of the molecule is CN(Cc1ccc(Br)c(F)c1)C1CCS(=O)CC1. The third-order valence-corrected chi connectivity index (χ3v) is 5.42. The van der Waals surface area contributed by atoms with Gasteiger partial charge in [-0.2, -0.15) is 0 Å². The summed E-state index contributed by atoms with van der Waals surface area (Å²) in [4.78, 5) is 2.24. The highest BCUT2D eigenvalue weighted by Crippen LogP contribution is 2.20. The van der Waals surface area contributed by atoms with E-state index in [-0.39, 0.29) is 5.82 Å². The summed E-state index contributed by atoms with van der Waals surface area (Å²) in [6.07, 6.45) is 1.95. The molecule has 0 radical (unpaired) electrons. The van der Waals surface area contributed by atoms with Crippen molar-refractivity contribution < 1.29 is 8.60 Å². The van der Waals surface area contributed by atoms with Crippen LogP contribution in [-0.4, -0.2) is 33.7 Å². The van der Waals surface area contributed by atoms with Crippen molar-refractivity contribution in [1.82, 2.24) is 4.90 Å². The zero-order valence-corrected chi connectivity index (χ0v) is 12.8. The van der Waals surface area contributed by atoms with Gasteiger partial charge in [0.1, 0.15) is 5.82 Å². The van der Waals surface area contributed by atoms with E-state index in [0.717, 1.165) is 36.5 Å². The molecule has 2 rings (SSSR count). The maximum absolute atomic E-state index is 13.4. The summed E-state index contributed by atoms with van der Waals surface area (Å²) in [5.74, 6) is 1.37. The summed E-state index contributed by atoms with van der Waals surface area (Å²) in [7, 11) is 1.43. The van der Waals surface area contributed by atoms with Crippen molar-refractivity contribution in [1.29, 1.82) is 0 Å². The smallest absolute Gasteiger partial charge is 0.137 e. The van der Waals surface area contributed by atoms with Crippen molar-refractivity contribution in [3.8, 4) is 0 Å². The van der Waals surface area contributed by atoms with E-state index in [1.165, 1.54) is 0 Å². The van der Waals surface area contributed by atoms with E-state index in [2.05, 4.69) is 27.9 Å². The van der Waals surface area contributed by atoms with Gasteiger partial charge in [-0.3, -0.25) is 9.11 Å². The quantitative estimate of drug-likeness (QED) is 0.847. The lowest BCUT2D eigenvalue weighted by Gasteiger charge is -2.30. The minimum atomic E-state index is -0.624. The van der Waals surface area contributed by atoms with Crippen molar-refractivity contribution in [2.24, 2.45) is 0 Å². The minimum Gasteiger partial charge on any atom is -0.299 e. The first-order chi connectivity index (χ1) is 8.56. The Labute approximate surface area is 118 Å². The summed E-state index contributed by atoms with van der Waals surface area (Å²) in [5, 5.41) is 0. The molecular weight excluding hydrogens is 317 g/mol. The number of rotatable bonds is 3. The topological polar surface area (TPSA) is 20.3 Å². The van der Waals surface area contributed by atoms with Crippen LogP contribution in [0.5, 0.6) is 0 Å². The van der Waals surface area contributed by atoms with Crippen LogP contribution in [0.2, 0.25) is 0 Å². The Bertz CT molecular complexity index is 445. The molecule has 1 aromatic rings. The number of halogens is 2. The molecule has 0 bridgehead atoms. The van der Waals surface area contributed by atoms with Gasteiger partial charge in [-0.05, 0) is 53.5 Å². The Kier molecular flexibility index (Phi) is 4.92. The van der Waals surface area contributed by atoms with Crippen LogP contribution in [0.15, 0.2) is 22.7 Å². The third kappa shape index (κ3) is 3.62. The Morgan fingerprint density at radius 1 is 1.44 bits per heavy atom. The molecule has 1 heterocycles. The molecule has 1 aliphatic heterocycles. The summed E-state index contributed by atoms with van der Waals surface area (Å²) in [6, 6.07) is 5.72. The summed E-state index contributed by atoms with van der Waals surface area (Å²) in [6.45, 7) is 0.738. The maximum atomic E-state index is 13.4. The van der Waals surface area contributed by atoms with Gasteiger partial charge in [-0.1, -0.05) is 6.07 Å². The Balaban J connectivity index is 1.96. The van der Waals surface area contributed by atoms with E-state index < -0.39 is 10.8 Å².